The Morgan fingerprint density at radius 3 is 1.77 bits per heavy atom. The van der Waals surface area contributed by atoms with Crippen molar-refractivity contribution in [2.75, 3.05) is 0 Å². The van der Waals surface area contributed by atoms with Crippen molar-refractivity contribution in [1.82, 2.24) is 0 Å². The average Bonchev–Trinajstić information content (AvgIpc) is 2.56. The summed E-state index contributed by atoms with van der Waals surface area (Å²) < 4.78 is 5.93. The molecule has 0 saturated carbocycles. The molecular weight excluding hydrogens is 296 g/mol. The van der Waals surface area contributed by atoms with E-state index in [0.717, 1.165) is 16.7 Å². The van der Waals surface area contributed by atoms with E-state index < -0.39 is 5.60 Å². The third kappa shape index (κ3) is 1.85. The fourth-order valence-corrected chi connectivity index (χ4v) is 3.10. The van der Waals surface area contributed by atoms with Crippen LogP contribution in [-0.2, 0) is 5.60 Å². The Hall–Kier alpha value is -2.29. The largest absolute Gasteiger partial charge is 0.457 e. The van der Waals surface area contributed by atoms with Crippen LogP contribution in [0, 0.1) is 0 Å². The Kier molecular flexibility index (Phi) is 2.96. The van der Waals surface area contributed by atoms with E-state index in [1.807, 2.05) is 60.7 Å². The number of hydrogen-bond donors (Lipinski definition) is 1. The topological polar surface area (TPSA) is 29.5 Å². The van der Waals surface area contributed by atoms with Crippen LogP contribution in [0.15, 0.2) is 72.8 Å². The number of fused-ring (bicyclic) bond motifs is 2. The van der Waals surface area contributed by atoms with Crippen molar-refractivity contribution in [2.24, 2.45) is 0 Å². The molecule has 0 radical (unpaired) electrons. The molecule has 0 saturated heterocycles. The predicted molar refractivity (Wildman–Crippen MR) is 86.5 cm³/mol. The molecule has 108 valence electrons. The summed E-state index contributed by atoms with van der Waals surface area (Å²) in [5, 5.41) is 12.3. The summed E-state index contributed by atoms with van der Waals surface area (Å²) in [5.41, 5.74) is 0.975. The minimum absolute atomic E-state index is 0.640. The SMILES string of the molecule is OC1(c2ccc(Cl)cc2)c2ccccc2Oc2ccccc21. The van der Waals surface area contributed by atoms with Gasteiger partial charge in [-0.1, -0.05) is 60.1 Å². The molecule has 3 aromatic rings. The van der Waals surface area contributed by atoms with Gasteiger partial charge in [-0.05, 0) is 29.8 Å². The van der Waals surface area contributed by atoms with Gasteiger partial charge >= 0.3 is 0 Å². The van der Waals surface area contributed by atoms with Crippen LogP contribution in [0.1, 0.15) is 16.7 Å². The van der Waals surface area contributed by atoms with E-state index in [4.69, 9.17) is 16.3 Å². The summed E-state index contributed by atoms with van der Waals surface area (Å²) in [4.78, 5) is 0. The Labute approximate surface area is 133 Å². The van der Waals surface area contributed by atoms with Crippen molar-refractivity contribution < 1.29 is 9.84 Å². The molecule has 4 rings (SSSR count). The molecule has 1 heterocycles. The van der Waals surface area contributed by atoms with Crippen molar-refractivity contribution >= 4 is 11.6 Å². The molecule has 3 heteroatoms. The van der Waals surface area contributed by atoms with Gasteiger partial charge in [0.05, 0.1) is 0 Å². The van der Waals surface area contributed by atoms with Crippen LogP contribution < -0.4 is 4.74 Å². The molecule has 2 nitrogen and oxygen atoms in total. The van der Waals surface area contributed by atoms with Gasteiger partial charge in [-0.25, -0.2) is 0 Å². The van der Waals surface area contributed by atoms with E-state index in [1.54, 1.807) is 12.1 Å². The number of halogens is 1. The maximum absolute atomic E-state index is 11.6. The lowest BCUT2D eigenvalue weighted by atomic mass is 9.78. The van der Waals surface area contributed by atoms with Crippen LogP contribution in [0.25, 0.3) is 0 Å². The van der Waals surface area contributed by atoms with E-state index >= 15 is 0 Å². The van der Waals surface area contributed by atoms with Gasteiger partial charge in [-0.3, -0.25) is 0 Å². The molecule has 0 aromatic heterocycles. The molecule has 1 aliphatic rings. The van der Waals surface area contributed by atoms with Crippen LogP contribution >= 0.6 is 11.6 Å². The molecule has 0 bridgehead atoms. The minimum atomic E-state index is -1.25. The van der Waals surface area contributed by atoms with Gasteiger partial charge < -0.3 is 9.84 Å². The molecule has 1 aliphatic heterocycles. The third-order valence-electron chi connectivity index (χ3n) is 4.04. The number of benzene rings is 3. The first-order chi connectivity index (χ1) is 10.7. The van der Waals surface area contributed by atoms with Crippen LogP contribution in [0.3, 0.4) is 0 Å². The lowest BCUT2D eigenvalue weighted by molar-refractivity contribution is 0.112. The standard InChI is InChI=1S/C19H13ClO2/c20-14-11-9-13(10-12-14)19(21)15-5-1-3-7-17(15)22-18-8-4-2-6-16(18)19/h1-12,21H. The highest BCUT2D eigenvalue weighted by molar-refractivity contribution is 6.30. The summed E-state index contributed by atoms with van der Waals surface area (Å²) in [5.74, 6) is 1.33. The molecule has 0 spiro atoms. The van der Waals surface area contributed by atoms with Crippen LogP contribution in [0.5, 0.6) is 11.5 Å². The molecular formula is C19H13ClO2. The van der Waals surface area contributed by atoms with Gasteiger partial charge in [0, 0.05) is 16.1 Å². The zero-order chi connectivity index (χ0) is 15.2. The van der Waals surface area contributed by atoms with Gasteiger partial charge in [0.2, 0.25) is 0 Å². The van der Waals surface area contributed by atoms with Crippen LogP contribution in [0.4, 0.5) is 0 Å². The zero-order valence-electron chi connectivity index (χ0n) is 11.7. The lowest BCUT2D eigenvalue weighted by Gasteiger charge is -2.36. The van der Waals surface area contributed by atoms with Crippen molar-refractivity contribution in [2.45, 2.75) is 5.60 Å². The Morgan fingerprint density at radius 2 is 1.23 bits per heavy atom. The van der Waals surface area contributed by atoms with Crippen molar-refractivity contribution in [3.8, 4) is 11.5 Å². The van der Waals surface area contributed by atoms with Gasteiger partial charge in [0.1, 0.15) is 17.1 Å². The second-order valence-electron chi connectivity index (χ2n) is 5.31. The lowest BCUT2D eigenvalue weighted by Crippen LogP contribution is -2.32. The van der Waals surface area contributed by atoms with Gasteiger partial charge in [-0.15, -0.1) is 0 Å². The number of para-hydroxylation sites is 2. The third-order valence-corrected chi connectivity index (χ3v) is 4.29. The highest BCUT2D eigenvalue weighted by atomic mass is 35.5. The van der Waals surface area contributed by atoms with Crippen LogP contribution in [0.2, 0.25) is 5.02 Å². The maximum Gasteiger partial charge on any atom is 0.147 e. The number of hydrogen-bond acceptors (Lipinski definition) is 2. The van der Waals surface area contributed by atoms with E-state index in [2.05, 4.69) is 0 Å². The highest BCUT2D eigenvalue weighted by Crippen LogP contribution is 2.49. The summed E-state index contributed by atoms with van der Waals surface area (Å²) in [7, 11) is 0. The normalized spacial score (nSPS) is 14.6. The average molecular weight is 309 g/mol. The summed E-state index contributed by atoms with van der Waals surface area (Å²) in [6.07, 6.45) is 0. The molecule has 0 fully saturated rings. The molecule has 3 aromatic carbocycles. The summed E-state index contributed by atoms with van der Waals surface area (Å²) >= 11 is 5.99. The molecule has 22 heavy (non-hydrogen) atoms. The van der Waals surface area contributed by atoms with E-state index in [-0.39, 0.29) is 0 Å². The van der Waals surface area contributed by atoms with E-state index in [0.29, 0.717) is 16.5 Å². The number of rotatable bonds is 1. The van der Waals surface area contributed by atoms with Crippen molar-refractivity contribution in [3.63, 3.8) is 0 Å². The van der Waals surface area contributed by atoms with E-state index in [9.17, 15) is 5.11 Å². The first kappa shape index (κ1) is 13.4. The van der Waals surface area contributed by atoms with Gasteiger partial charge in [-0.2, -0.15) is 0 Å². The second kappa shape index (κ2) is 4.87. The number of aliphatic hydroxyl groups is 1. The Bertz CT molecular complexity index is 795. The molecule has 0 atom stereocenters. The van der Waals surface area contributed by atoms with Gasteiger partial charge in [0.15, 0.2) is 0 Å². The zero-order valence-corrected chi connectivity index (χ0v) is 12.4. The Morgan fingerprint density at radius 1 is 0.727 bits per heavy atom. The minimum Gasteiger partial charge on any atom is -0.457 e. The predicted octanol–water partition coefficient (Wildman–Crippen LogP) is 4.73. The van der Waals surface area contributed by atoms with Crippen molar-refractivity contribution in [1.29, 1.82) is 0 Å². The molecule has 0 amide bonds. The summed E-state index contributed by atoms with van der Waals surface area (Å²) in [6.45, 7) is 0. The smallest absolute Gasteiger partial charge is 0.147 e. The quantitative estimate of drug-likeness (QED) is 0.704. The van der Waals surface area contributed by atoms with Gasteiger partial charge in [0.25, 0.3) is 0 Å². The first-order valence-electron chi connectivity index (χ1n) is 7.05. The monoisotopic (exact) mass is 308 g/mol. The highest BCUT2D eigenvalue weighted by Gasteiger charge is 2.41. The maximum atomic E-state index is 11.6. The molecule has 1 N–H and O–H groups in total. The van der Waals surface area contributed by atoms with E-state index in [1.165, 1.54) is 0 Å². The fraction of sp³-hybridized carbons (Fsp3) is 0.0526. The van der Waals surface area contributed by atoms with Crippen LogP contribution in [-0.4, -0.2) is 5.11 Å². The van der Waals surface area contributed by atoms with Crippen molar-refractivity contribution in [3.05, 3.63) is 94.5 Å². The first-order valence-corrected chi connectivity index (χ1v) is 7.42. The summed E-state index contributed by atoms with van der Waals surface area (Å²) in [6, 6.07) is 22.4. The fourth-order valence-electron chi connectivity index (χ4n) is 2.97. The molecule has 0 aliphatic carbocycles. The second-order valence-corrected chi connectivity index (χ2v) is 5.75. The number of ether oxygens (including phenoxy) is 1. The molecule has 0 unspecified atom stereocenters. The Balaban J connectivity index is 2.03.